The van der Waals surface area contributed by atoms with Crippen LogP contribution in [-0.4, -0.2) is 15.1 Å². The first-order valence-electron chi connectivity index (χ1n) is 5.37. The van der Waals surface area contributed by atoms with Crippen LogP contribution in [0.3, 0.4) is 0 Å². The molecule has 0 atom stereocenters. The minimum absolute atomic E-state index is 0.0675. The predicted molar refractivity (Wildman–Crippen MR) is 72.6 cm³/mol. The Bertz CT molecular complexity index is 736. The molecule has 0 saturated heterocycles. The van der Waals surface area contributed by atoms with Crippen molar-refractivity contribution in [2.75, 3.05) is 5.73 Å². The molecule has 0 aliphatic rings. The fraction of sp³-hybridized carbons (Fsp3) is 0. The van der Waals surface area contributed by atoms with Gasteiger partial charge in [-0.2, -0.15) is 0 Å². The largest absolute Gasteiger partial charge is 0.506 e. The maximum Gasteiger partial charge on any atom is 0.138 e. The lowest BCUT2D eigenvalue weighted by molar-refractivity contribution is 0.478. The number of anilines is 1. The van der Waals surface area contributed by atoms with E-state index in [4.69, 9.17) is 17.3 Å². The van der Waals surface area contributed by atoms with Crippen LogP contribution in [0.15, 0.2) is 36.4 Å². The van der Waals surface area contributed by atoms with Gasteiger partial charge in [-0.25, -0.2) is 4.98 Å². The zero-order valence-corrected chi connectivity index (χ0v) is 10.1. The molecule has 0 aliphatic carbocycles. The molecule has 4 nitrogen and oxygen atoms in total. The van der Waals surface area contributed by atoms with Crippen molar-refractivity contribution < 1.29 is 5.11 Å². The van der Waals surface area contributed by atoms with Crippen LogP contribution in [0, 0.1) is 0 Å². The van der Waals surface area contributed by atoms with Gasteiger partial charge in [0.15, 0.2) is 0 Å². The Morgan fingerprint density at radius 2 is 2.00 bits per heavy atom. The number of aromatic nitrogens is 2. The second kappa shape index (κ2) is 3.92. The van der Waals surface area contributed by atoms with Crippen molar-refractivity contribution in [2.45, 2.75) is 0 Å². The van der Waals surface area contributed by atoms with Gasteiger partial charge in [0.2, 0.25) is 0 Å². The highest BCUT2D eigenvalue weighted by atomic mass is 35.5. The number of hydrogen-bond donors (Lipinski definition) is 3. The molecule has 4 N–H and O–H groups in total. The molecule has 0 bridgehead atoms. The van der Waals surface area contributed by atoms with Crippen molar-refractivity contribution >= 4 is 28.3 Å². The number of H-pyrrole nitrogens is 1. The number of halogens is 1. The number of phenols is 1. The lowest BCUT2D eigenvalue weighted by atomic mass is 10.2. The van der Waals surface area contributed by atoms with E-state index in [0.717, 1.165) is 16.6 Å². The van der Waals surface area contributed by atoms with Gasteiger partial charge >= 0.3 is 0 Å². The molecule has 1 heterocycles. The molecule has 0 aliphatic heterocycles. The van der Waals surface area contributed by atoms with Gasteiger partial charge in [0.1, 0.15) is 11.6 Å². The van der Waals surface area contributed by atoms with Gasteiger partial charge in [-0.3, -0.25) is 0 Å². The first kappa shape index (κ1) is 10.9. The lowest BCUT2D eigenvalue weighted by Crippen LogP contribution is -1.87. The number of nitrogen functional groups attached to an aromatic ring is 1. The molecule has 0 fully saturated rings. The number of nitrogens with zero attached hydrogens (tertiary/aromatic N) is 1. The third-order valence-corrected chi connectivity index (χ3v) is 2.98. The summed E-state index contributed by atoms with van der Waals surface area (Å²) in [7, 11) is 0. The third-order valence-electron chi connectivity index (χ3n) is 2.74. The summed E-state index contributed by atoms with van der Waals surface area (Å²) in [5.41, 5.74) is 8.51. The summed E-state index contributed by atoms with van der Waals surface area (Å²) in [6, 6.07) is 10.4. The quantitative estimate of drug-likeness (QED) is 0.464. The van der Waals surface area contributed by atoms with Crippen LogP contribution in [0.5, 0.6) is 5.75 Å². The number of aromatic amines is 1. The summed E-state index contributed by atoms with van der Waals surface area (Å²) in [5.74, 6) is 0.761. The number of phenolic OH excluding ortho intramolecular Hbond substituents is 1. The number of imidazole rings is 1. The molecule has 0 spiro atoms. The number of benzene rings is 2. The van der Waals surface area contributed by atoms with E-state index >= 15 is 0 Å². The van der Waals surface area contributed by atoms with Gasteiger partial charge in [0, 0.05) is 10.6 Å². The highest BCUT2D eigenvalue weighted by Crippen LogP contribution is 2.27. The van der Waals surface area contributed by atoms with Crippen LogP contribution in [0.25, 0.3) is 22.4 Å². The van der Waals surface area contributed by atoms with Gasteiger partial charge in [-0.05, 0) is 36.4 Å². The molecular weight excluding hydrogens is 250 g/mol. The van der Waals surface area contributed by atoms with Crippen molar-refractivity contribution in [2.24, 2.45) is 0 Å². The monoisotopic (exact) mass is 259 g/mol. The van der Waals surface area contributed by atoms with E-state index in [9.17, 15) is 5.11 Å². The number of fused-ring (bicyclic) bond motifs is 1. The Hall–Kier alpha value is -2.20. The first-order chi connectivity index (χ1) is 8.63. The molecule has 1 aromatic heterocycles. The van der Waals surface area contributed by atoms with E-state index in [0.29, 0.717) is 16.5 Å². The number of aromatic hydroxyl groups is 1. The Morgan fingerprint density at radius 1 is 1.17 bits per heavy atom. The van der Waals surface area contributed by atoms with Crippen molar-refractivity contribution in [3.05, 3.63) is 41.4 Å². The Labute approximate surface area is 108 Å². The second-order valence-corrected chi connectivity index (χ2v) is 4.46. The average Bonchev–Trinajstić information content (AvgIpc) is 2.75. The minimum atomic E-state index is 0.0675. The molecule has 3 rings (SSSR count). The number of nitrogens with one attached hydrogen (secondary N) is 1. The standard InChI is InChI=1S/C13H10ClN3O/c14-8-2-3-10-11(6-8)17-13(16-10)7-1-4-12(18)9(15)5-7/h1-6,18H,15H2,(H,16,17). The Kier molecular flexibility index (Phi) is 2.38. The lowest BCUT2D eigenvalue weighted by Gasteiger charge is -2.00. The number of rotatable bonds is 1. The van der Waals surface area contributed by atoms with E-state index in [-0.39, 0.29) is 5.75 Å². The highest BCUT2D eigenvalue weighted by Gasteiger charge is 2.07. The number of nitrogens with two attached hydrogens (primary N) is 1. The van der Waals surface area contributed by atoms with Gasteiger partial charge in [-0.1, -0.05) is 11.6 Å². The Balaban J connectivity index is 2.16. The summed E-state index contributed by atoms with van der Waals surface area (Å²) in [6.45, 7) is 0. The van der Waals surface area contributed by atoms with Crippen molar-refractivity contribution in [3.63, 3.8) is 0 Å². The molecule has 0 unspecified atom stereocenters. The fourth-order valence-electron chi connectivity index (χ4n) is 1.82. The van der Waals surface area contributed by atoms with Gasteiger partial charge in [0.05, 0.1) is 16.7 Å². The molecule has 2 aromatic carbocycles. The SMILES string of the molecule is Nc1cc(-c2nc3ccc(Cl)cc3[nH]2)ccc1O. The van der Waals surface area contributed by atoms with Crippen LogP contribution in [0.4, 0.5) is 5.69 Å². The van der Waals surface area contributed by atoms with Crippen LogP contribution in [0.1, 0.15) is 0 Å². The predicted octanol–water partition coefficient (Wildman–Crippen LogP) is 3.17. The smallest absolute Gasteiger partial charge is 0.138 e. The zero-order valence-electron chi connectivity index (χ0n) is 9.31. The van der Waals surface area contributed by atoms with Gasteiger partial charge in [0.25, 0.3) is 0 Å². The molecule has 5 heteroatoms. The van der Waals surface area contributed by atoms with Crippen molar-refractivity contribution in [3.8, 4) is 17.1 Å². The molecular formula is C13H10ClN3O. The van der Waals surface area contributed by atoms with Crippen LogP contribution >= 0.6 is 11.6 Å². The van der Waals surface area contributed by atoms with Crippen LogP contribution < -0.4 is 5.73 Å². The molecule has 18 heavy (non-hydrogen) atoms. The molecule has 0 radical (unpaired) electrons. The summed E-state index contributed by atoms with van der Waals surface area (Å²) < 4.78 is 0. The van der Waals surface area contributed by atoms with E-state index in [1.165, 1.54) is 0 Å². The van der Waals surface area contributed by atoms with E-state index in [2.05, 4.69) is 9.97 Å². The fourth-order valence-corrected chi connectivity index (χ4v) is 1.99. The maximum atomic E-state index is 9.39. The van der Waals surface area contributed by atoms with E-state index < -0.39 is 0 Å². The normalized spacial score (nSPS) is 10.9. The zero-order chi connectivity index (χ0) is 12.7. The highest BCUT2D eigenvalue weighted by molar-refractivity contribution is 6.31. The van der Waals surface area contributed by atoms with Crippen molar-refractivity contribution in [1.29, 1.82) is 0 Å². The Morgan fingerprint density at radius 3 is 2.78 bits per heavy atom. The van der Waals surface area contributed by atoms with Crippen LogP contribution in [-0.2, 0) is 0 Å². The van der Waals surface area contributed by atoms with Crippen molar-refractivity contribution in [1.82, 2.24) is 9.97 Å². The molecule has 90 valence electrons. The topological polar surface area (TPSA) is 74.9 Å². The molecule has 0 amide bonds. The third kappa shape index (κ3) is 1.76. The van der Waals surface area contributed by atoms with Gasteiger partial charge in [-0.15, -0.1) is 0 Å². The second-order valence-electron chi connectivity index (χ2n) is 4.02. The summed E-state index contributed by atoms with van der Waals surface area (Å²) >= 11 is 5.92. The first-order valence-corrected chi connectivity index (χ1v) is 5.75. The summed E-state index contributed by atoms with van der Waals surface area (Å²) in [5, 5.41) is 10.0. The van der Waals surface area contributed by atoms with E-state index in [1.54, 1.807) is 24.3 Å². The van der Waals surface area contributed by atoms with E-state index in [1.807, 2.05) is 12.1 Å². The maximum absolute atomic E-state index is 9.39. The molecule has 3 aromatic rings. The average molecular weight is 260 g/mol. The summed E-state index contributed by atoms with van der Waals surface area (Å²) in [4.78, 5) is 7.61. The van der Waals surface area contributed by atoms with Gasteiger partial charge < -0.3 is 15.8 Å². The minimum Gasteiger partial charge on any atom is -0.506 e. The van der Waals surface area contributed by atoms with Crippen LogP contribution in [0.2, 0.25) is 5.02 Å². The number of hydrogen-bond acceptors (Lipinski definition) is 3. The molecule has 0 saturated carbocycles. The summed E-state index contributed by atoms with van der Waals surface area (Å²) in [6.07, 6.45) is 0.